The molecule has 1 fully saturated rings. The zero-order valence-corrected chi connectivity index (χ0v) is 19.0. The molecule has 2 aromatic rings. The molecule has 0 amide bonds. The van der Waals surface area contributed by atoms with Crippen molar-refractivity contribution in [3.8, 4) is 11.5 Å². The number of pyridine rings is 1. The topological polar surface area (TPSA) is 58.1 Å². The van der Waals surface area contributed by atoms with Gasteiger partial charge in [-0.25, -0.2) is 0 Å². The first-order valence-electron chi connectivity index (χ1n) is 11.4. The lowest BCUT2D eigenvalue weighted by molar-refractivity contribution is 0.0644. The first-order chi connectivity index (χ1) is 15.1. The van der Waals surface area contributed by atoms with Crippen LogP contribution in [0.1, 0.15) is 43.2 Å². The normalized spacial score (nSPS) is 16.5. The molecule has 1 atom stereocenters. The van der Waals surface area contributed by atoms with Gasteiger partial charge < -0.3 is 19.5 Å². The standard InChI is InChI=1S/C25H37N3O3/c1-27(18-22-9-8-12-26-16-22)17-21-10-11-24(30-2)25(15-21)31-20-23(29)19-28-13-6-4-3-5-7-14-28/h8-12,15-16,23,29H,3-7,13-14,17-20H2,1-2H3/t23-/m1/s1. The Bertz CT molecular complexity index is 764. The minimum absolute atomic E-state index is 0.266. The van der Waals surface area contributed by atoms with Gasteiger partial charge in [-0.05, 0) is 62.3 Å². The van der Waals surface area contributed by atoms with E-state index in [1.54, 1.807) is 13.3 Å². The highest BCUT2D eigenvalue weighted by atomic mass is 16.5. The molecule has 1 aromatic carbocycles. The van der Waals surface area contributed by atoms with Crippen LogP contribution in [0.5, 0.6) is 11.5 Å². The lowest BCUT2D eigenvalue weighted by atomic mass is 10.1. The molecule has 170 valence electrons. The first-order valence-corrected chi connectivity index (χ1v) is 11.4. The minimum atomic E-state index is -0.513. The number of aliphatic hydroxyl groups is 1. The molecule has 1 aromatic heterocycles. The Hall–Kier alpha value is -2.15. The molecule has 1 saturated heterocycles. The van der Waals surface area contributed by atoms with E-state index < -0.39 is 6.10 Å². The Morgan fingerprint density at radius 2 is 1.77 bits per heavy atom. The first kappa shape index (κ1) is 23.5. The van der Waals surface area contributed by atoms with E-state index >= 15 is 0 Å². The maximum absolute atomic E-state index is 10.5. The van der Waals surface area contributed by atoms with Crippen molar-refractivity contribution in [2.45, 2.75) is 51.3 Å². The number of aromatic nitrogens is 1. The fourth-order valence-corrected chi connectivity index (χ4v) is 4.14. The summed E-state index contributed by atoms with van der Waals surface area (Å²) in [6, 6.07) is 10.1. The summed E-state index contributed by atoms with van der Waals surface area (Å²) in [6.45, 7) is 4.67. The van der Waals surface area contributed by atoms with Crippen LogP contribution in [0.15, 0.2) is 42.7 Å². The molecular formula is C25H37N3O3. The summed E-state index contributed by atoms with van der Waals surface area (Å²) in [4.78, 5) is 8.79. The third-order valence-corrected chi connectivity index (χ3v) is 5.70. The third-order valence-electron chi connectivity index (χ3n) is 5.70. The summed E-state index contributed by atoms with van der Waals surface area (Å²) in [5, 5.41) is 10.5. The zero-order chi connectivity index (χ0) is 21.9. The van der Waals surface area contributed by atoms with Crippen molar-refractivity contribution in [2.24, 2.45) is 0 Å². The van der Waals surface area contributed by atoms with Crippen LogP contribution in [0.4, 0.5) is 0 Å². The largest absolute Gasteiger partial charge is 0.493 e. The predicted octanol–water partition coefficient (Wildman–Crippen LogP) is 3.73. The number of hydrogen-bond donors (Lipinski definition) is 1. The molecule has 0 unspecified atom stereocenters. The van der Waals surface area contributed by atoms with Gasteiger partial charge in [0.1, 0.15) is 12.7 Å². The molecule has 6 heteroatoms. The molecule has 0 aliphatic carbocycles. The van der Waals surface area contributed by atoms with Crippen LogP contribution in [0.3, 0.4) is 0 Å². The van der Waals surface area contributed by atoms with E-state index in [-0.39, 0.29) is 6.61 Å². The van der Waals surface area contributed by atoms with Crippen molar-refractivity contribution in [2.75, 3.05) is 40.4 Å². The second-order valence-corrected chi connectivity index (χ2v) is 8.55. The number of β-amino-alcohol motifs (C(OH)–C–C–N with tert-alkyl or cyclic N) is 1. The summed E-state index contributed by atoms with van der Waals surface area (Å²) < 4.78 is 11.5. The molecule has 3 rings (SSSR count). The Morgan fingerprint density at radius 1 is 1.03 bits per heavy atom. The van der Waals surface area contributed by atoms with Crippen molar-refractivity contribution in [3.05, 3.63) is 53.9 Å². The van der Waals surface area contributed by atoms with Gasteiger partial charge in [0.15, 0.2) is 11.5 Å². The van der Waals surface area contributed by atoms with Crippen molar-refractivity contribution in [3.63, 3.8) is 0 Å². The Kier molecular flexibility index (Phi) is 9.59. The number of hydrogen-bond acceptors (Lipinski definition) is 6. The van der Waals surface area contributed by atoms with Gasteiger partial charge in [-0.1, -0.05) is 31.4 Å². The summed E-state index contributed by atoms with van der Waals surface area (Å²) in [7, 11) is 3.73. The lowest BCUT2D eigenvalue weighted by Crippen LogP contribution is -2.37. The number of methoxy groups -OCH3 is 1. The van der Waals surface area contributed by atoms with Crippen LogP contribution in [-0.4, -0.2) is 66.4 Å². The molecule has 31 heavy (non-hydrogen) atoms. The highest BCUT2D eigenvalue weighted by Gasteiger charge is 2.15. The van der Waals surface area contributed by atoms with Crippen LogP contribution in [0.2, 0.25) is 0 Å². The quantitative estimate of drug-likeness (QED) is 0.624. The van der Waals surface area contributed by atoms with Gasteiger partial charge in [0.05, 0.1) is 7.11 Å². The minimum Gasteiger partial charge on any atom is -0.493 e. The molecule has 2 heterocycles. The Labute approximate surface area is 186 Å². The molecule has 1 aliphatic heterocycles. The van der Waals surface area contributed by atoms with E-state index in [1.165, 1.54) is 37.7 Å². The van der Waals surface area contributed by atoms with Gasteiger partial charge >= 0.3 is 0 Å². The monoisotopic (exact) mass is 427 g/mol. The van der Waals surface area contributed by atoms with Crippen LogP contribution >= 0.6 is 0 Å². The van der Waals surface area contributed by atoms with Gasteiger partial charge in [0.25, 0.3) is 0 Å². The molecule has 0 bridgehead atoms. The van der Waals surface area contributed by atoms with Crippen molar-refractivity contribution < 1.29 is 14.6 Å². The molecule has 1 N–H and O–H groups in total. The highest BCUT2D eigenvalue weighted by Crippen LogP contribution is 2.29. The summed E-state index contributed by atoms with van der Waals surface area (Å²) in [5.41, 5.74) is 2.32. The zero-order valence-electron chi connectivity index (χ0n) is 19.0. The molecule has 0 spiro atoms. The van der Waals surface area contributed by atoms with Crippen LogP contribution < -0.4 is 9.47 Å². The van der Waals surface area contributed by atoms with Gasteiger partial charge in [-0.2, -0.15) is 0 Å². The molecule has 6 nitrogen and oxygen atoms in total. The molecule has 0 radical (unpaired) electrons. The van der Waals surface area contributed by atoms with Crippen molar-refractivity contribution in [1.29, 1.82) is 0 Å². The maximum atomic E-state index is 10.5. The fraction of sp³-hybridized carbons (Fsp3) is 0.560. The average Bonchev–Trinajstić information content (AvgIpc) is 2.75. The number of rotatable bonds is 10. The number of benzene rings is 1. The van der Waals surface area contributed by atoms with Crippen LogP contribution in [0.25, 0.3) is 0 Å². The molecule has 0 saturated carbocycles. The van der Waals surface area contributed by atoms with E-state index in [9.17, 15) is 5.11 Å². The Morgan fingerprint density at radius 3 is 2.48 bits per heavy atom. The third kappa shape index (κ3) is 8.13. The van der Waals surface area contributed by atoms with Gasteiger partial charge in [0, 0.05) is 32.0 Å². The second-order valence-electron chi connectivity index (χ2n) is 8.55. The van der Waals surface area contributed by atoms with Gasteiger partial charge in [0.2, 0.25) is 0 Å². The van der Waals surface area contributed by atoms with Gasteiger partial charge in [-0.15, -0.1) is 0 Å². The average molecular weight is 428 g/mol. The number of aliphatic hydroxyl groups excluding tert-OH is 1. The maximum Gasteiger partial charge on any atom is 0.161 e. The molecule has 1 aliphatic rings. The van der Waals surface area contributed by atoms with E-state index in [1.807, 2.05) is 24.4 Å². The highest BCUT2D eigenvalue weighted by molar-refractivity contribution is 5.43. The van der Waals surface area contributed by atoms with E-state index in [0.717, 1.165) is 31.7 Å². The number of likely N-dealkylation sites (tertiary alicyclic amines) is 1. The predicted molar refractivity (Wildman–Crippen MR) is 123 cm³/mol. The lowest BCUT2D eigenvalue weighted by Gasteiger charge is -2.27. The smallest absolute Gasteiger partial charge is 0.161 e. The number of nitrogens with zero attached hydrogens (tertiary/aromatic N) is 3. The van der Waals surface area contributed by atoms with Gasteiger partial charge in [-0.3, -0.25) is 9.88 Å². The van der Waals surface area contributed by atoms with Crippen LogP contribution in [0, 0.1) is 0 Å². The van der Waals surface area contributed by atoms with Crippen molar-refractivity contribution >= 4 is 0 Å². The van der Waals surface area contributed by atoms with E-state index in [4.69, 9.17) is 9.47 Å². The summed E-state index contributed by atoms with van der Waals surface area (Å²) >= 11 is 0. The SMILES string of the molecule is COc1ccc(CN(C)Cc2cccnc2)cc1OC[C@H](O)CN1CCCCCCC1. The molecular weight excluding hydrogens is 390 g/mol. The number of ether oxygens (including phenoxy) is 2. The fourth-order valence-electron chi connectivity index (χ4n) is 4.14. The summed E-state index contributed by atoms with van der Waals surface area (Å²) in [6.07, 6.45) is 9.54. The van der Waals surface area contributed by atoms with Crippen molar-refractivity contribution in [1.82, 2.24) is 14.8 Å². The Balaban J connectivity index is 1.53. The van der Waals surface area contributed by atoms with E-state index in [2.05, 4.69) is 34.0 Å². The van der Waals surface area contributed by atoms with Crippen LogP contribution in [-0.2, 0) is 13.1 Å². The second kappa shape index (κ2) is 12.6. The summed E-state index contributed by atoms with van der Waals surface area (Å²) in [5.74, 6) is 1.37. The van der Waals surface area contributed by atoms with E-state index in [0.29, 0.717) is 18.0 Å².